The molecule has 0 spiro atoms. The van der Waals surface area contributed by atoms with Crippen molar-refractivity contribution in [3.63, 3.8) is 0 Å². The summed E-state index contributed by atoms with van der Waals surface area (Å²) in [6.07, 6.45) is 3.39. The molecule has 3 rings (SSSR count). The van der Waals surface area contributed by atoms with Crippen molar-refractivity contribution < 1.29 is 4.79 Å². The highest BCUT2D eigenvalue weighted by atomic mass is 16.2. The standard InChI is InChI=1S/C13H12N4O/c1-13(7-14)8-16(9-13)12(18)10-6-15-17-5-3-2-4-11(10)17/h2-6H,8-9H2,1H3. The molecule has 0 N–H and O–H groups in total. The summed E-state index contributed by atoms with van der Waals surface area (Å²) in [6, 6.07) is 7.84. The maximum Gasteiger partial charge on any atom is 0.257 e. The van der Waals surface area contributed by atoms with Gasteiger partial charge in [0.25, 0.3) is 5.91 Å². The lowest BCUT2D eigenvalue weighted by Gasteiger charge is -2.43. The summed E-state index contributed by atoms with van der Waals surface area (Å²) in [6.45, 7) is 2.85. The number of pyridine rings is 1. The quantitative estimate of drug-likeness (QED) is 0.755. The number of fused-ring (bicyclic) bond motifs is 1. The van der Waals surface area contributed by atoms with E-state index in [0.29, 0.717) is 18.7 Å². The molecule has 1 saturated heterocycles. The minimum Gasteiger partial charge on any atom is -0.335 e. The first kappa shape index (κ1) is 10.8. The van der Waals surface area contributed by atoms with Gasteiger partial charge in [0.15, 0.2) is 0 Å². The Morgan fingerprint density at radius 1 is 1.50 bits per heavy atom. The molecule has 0 aromatic carbocycles. The lowest BCUT2D eigenvalue weighted by atomic mass is 9.83. The Morgan fingerprint density at radius 2 is 2.28 bits per heavy atom. The molecule has 0 bridgehead atoms. The summed E-state index contributed by atoms with van der Waals surface area (Å²) in [7, 11) is 0. The van der Waals surface area contributed by atoms with Crippen LogP contribution in [0.2, 0.25) is 0 Å². The van der Waals surface area contributed by atoms with E-state index in [0.717, 1.165) is 5.52 Å². The van der Waals surface area contributed by atoms with Gasteiger partial charge in [0.1, 0.15) is 0 Å². The van der Waals surface area contributed by atoms with Gasteiger partial charge >= 0.3 is 0 Å². The van der Waals surface area contributed by atoms with Gasteiger partial charge in [-0.05, 0) is 19.1 Å². The first-order valence-corrected chi connectivity index (χ1v) is 5.76. The largest absolute Gasteiger partial charge is 0.335 e. The average Bonchev–Trinajstić information content (AvgIpc) is 2.78. The second-order valence-corrected chi connectivity index (χ2v) is 4.92. The first-order valence-electron chi connectivity index (χ1n) is 5.76. The Labute approximate surface area is 104 Å². The number of aromatic nitrogens is 2. The van der Waals surface area contributed by atoms with Gasteiger partial charge in [-0.25, -0.2) is 4.52 Å². The average molecular weight is 240 g/mol. The maximum atomic E-state index is 12.3. The molecule has 0 radical (unpaired) electrons. The van der Waals surface area contributed by atoms with Crippen LogP contribution in [0.4, 0.5) is 0 Å². The number of rotatable bonds is 1. The molecule has 1 aliphatic heterocycles. The van der Waals surface area contributed by atoms with Crippen LogP contribution in [-0.4, -0.2) is 33.5 Å². The molecule has 1 amide bonds. The minimum atomic E-state index is -0.390. The topological polar surface area (TPSA) is 61.4 Å². The van der Waals surface area contributed by atoms with E-state index in [1.165, 1.54) is 0 Å². The van der Waals surface area contributed by atoms with Crippen molar-refractivity contribution in [3.8, 4) is 6.07 Å². The van der Waals surface area contributed by atoms with Crippen LogP contribution in [-0.2, 0) is 0 Å². The Kier molecular flexibility index (Phi) is 2.14. The van der Waals surface area contributed by atoms with Crippen LogP contribution in [0.1, 0.15) is 17.3 Å². The predicted octanol–water partition coefficient (Wildman–Crippen LogP) is 1.32. The van der Waals surface area contributed by atoms with E-state index in [1.54, 1.807) is 15.6 Å². The Hall–Kier alpha value is -2.35. The summed E-state index contributed by atoms with van der Waals surface area (Å²) >= 11 is 0. The fourth-order valence-corrected chi connectivity index (χ4v) is 2.28. The zero-order valence-corrected chi connectivity index (χ0v) is 10.00. The second-order valence-electron chi connectivity index (χ2n) is 4.92. The molecule has 1 fully saturated rings. The van der Waals surface area contributed by atoms with Gasteiger partial charge in [-0.15, -0.1) is 0 Å². The molecule has 0 atom stereocenters. The summed E-state index contributed by atoms with van der Waals surface area (Å²) < 4.78 is 1.68. The molecule has 2 aromatic rings. The van der Waals surface area contributed by atoms with Gasteiger partial charge in [0.2, 0.25) is 0 Å². The van der Waals surface area contributed by atoms with E-state index in [2.05, 4.69) is 11.2 Å². The lowest BCUT2D eigenvalue weighted by Crippen LogP contribution is -2.56. The van der Waals surface area contributed by atoms with Crippen LogP contribution in [0, 0.1) is 16.7 Å². The van der Waals surface area contributed by atoms with Crippen molar-refractivity contribution in [3.05, 3.63) is 36.2 Å². The summed E-state index contributed by atoms with van der Waals surface area (Å²) in [5.41, 5.74) is 1.00. The minimum absolute atomic E-state index is 0.0519. The summed E-state index contributed by atoms with van der Waals surface area (Å²) in [5.74, 6) is -0.0519. The third-order valence-corrected chi connectivity index (χ3v) is 3.29. The van der Waals surface area contributed by atoms with Crippen LogP contribution < -0.4 is 0 Å². The van der Waals surface area contributed by atoms with E-state index in [1.807, 2.05) is 31.3 Å². The number of likely N-dealkylation sites (tertiary alicyclic amines) is 1. The van der Waals surface area contributed by atoms with Crippen LogP contribution in [0.15, 0.2) is 30.6 Å². The maximum absolute atomic E-state index is 12.3. The molecule has 90 valence electrons. The number of hydrogen-bond donors (Lipinski definition) is 0. The molecule has 1 aliphatic rings. The molecule has 2 aromatic heterocycles. The first-order chi connectivity index (χ1) is 8.63. The van der Waals surface area contributed by atoms with E-state index < -0.39 is 5.41 Å². The molecular weight excluding hydrogens is 228 g/mol. The Bertz CT molecular complexity index is 661. The Balaban J connectivity index is 1.89. The highest BCUT2D eigenvalue weighted by Crippen LogP contribution is 2.30. The third kappa shape index (κ3) is 1.46. The SMILES string of the molecule is CC1(C#N)CN(C(=O)c2cnn3ccccc23)C1. The lowest BCUT2D eigenvalue weighted by molar-refractivity contribution is 0.0370. The third-order valence-electron chi connectivity index (χ3n) is 3.29. The van der Waals surface area contributed by atoms with Gasteiger partial charge in [0.05, 0.1) is 28.8 Å². The number of carbonyl (C=O) groups excluding carboxylic acids is 1. The molecule has 0 saturated carbocycles. The van der Waals surface area contributed by atoms with Crippen molar-refractivity contribution in [1.29, 1.82) is 5.26 Å². The summed E-state index contributed by atoms with van der Waals surface area (Å²) in [5, 5.41) is 13.1. The molecule has 3 heterocycles. The van der Waals surface area contributed by atoms with Gasteiger partial charge in [-0.3, -0.25) is 4.79 Å². The molecule has 0 unspecified atom stereocenters. The second kappa shape index (κ2) is 3.57. The molecule has 18 heavy (non-hydrogen) atoms. The Morgan fingerprint density at radius 3 is 3.00 bits per heavy atom. The van der Waals surface area contributed by atoms with Gasteiger partial charge in [-0.1, -0.05) is 6.07 Å². The van der Waals surface area contributed by atoms with Crippen molar-refractivity contribution >= 4 is 11.4 Å². The fraction of sp³-hybridized carbons (Fsp3) is 0.308. The van der Waals surface area contributed by atoms with Crippen LogP contribution >= 0.6 is 0 Å². The fourth-order valence-electron chi connectivity index (χ4n) is 2.28. The summed E-state index contributed by atoms with van der Waals surface area (Å²) in [4.78, 5) is 14.0. The monoisotopic (exact) mass is 240 g/mol. The zero-order valence-electron chi connectivity index (χ0n) is 10.00. The zero-order chi connectivity index (χ0) is 12.8. The number of carbonyl (C=O) groups is 1. The van der Waals surface area contributed by atoms with Crippen LogP contribution in [0.25, 0.3) is 5.52 Å². The number of hydrogen-bond acceptors (Lipinski definition) is 3. The predicted molar refractivity (Wildman–Crippen MR) is 64.8 cm³/mol. The number of nitrogens with zero attached hydrogens (tertiary/aromatic N) is 4. The van der Waals surface area contributed by atoms with E-state index >= 15 is 0 Å². The van der Waals surface area contributed by atoms with E-state index in [9.17, 15) is 4.79 Å². The van der Waals surface area contributed by atoms with Crippen molar-refractivity contribution in [2.24, 2.45) is 5.41 Å². The molecular formula is C13H12N4O. The van der Waals surface area contributed by atoms with Gasteiger partial charge < -0.3 is 4.90 Å². The molecule has 5 nitrogen and oxygen atoms in total. The van der Waals surface area contributed by atoms with E-state index in [4.69, 9.17) is 5.26 Å². The van der Waals surface area contributed by atoms with Crippen LogP contribution in [0.5, 0.6) is 0 Å². The number of amides is 1. The van der Waals surface area contributed by atoms with Gasteiger partial charge in [-0.2, -0.15) is 10.4 Å². The van der Waals surface area contributed by atoms with Crippen molar-refractivity contribution in [1.82, 2.24) is 14.5 Å². The van der Waals surface area contributed by atoms with Crippen molar-refractivity contribution in [2.45, 2.75) is 6.92 Å². The molecule has 0 aliphatic carbocycles. The van der Waals surface area contributed by atoms with Crippen molar-refractivity contribution in [2.75, 3.05) is 13.1 Å². The normalized spacial score (nSPS) is 17.2. The highest BCUT2D eigenvalue weighted by Gasteiger charge is 2.42. The number of nitriles is 1. The smallest absolute Gasteiger partial charge is 0.257 e. The highest BCUT2D eigenvalue weighted by molar-refractivity contribution is 6.01. The van der Waals surface area contributed by atoms with Crippen LogP contribution in [0.3, 0.4) is 0 Å². The van der Waals surface area contributed by atoms with E-state index in [-0.39, 0.29) is 5.91 Å². The van der Waals surface area contributed by atoms with Gasteiger partial charge in [0, 0.05) is 19.3 Å². The molecule has 5 heteroatoms.